The first kappa shape index (κ1) is 11.7. The van der Waals surface area contributed by atoms with E-state index in [4.69, 9.17) is 16.0 Å². The van der Waals surface area contributed by atoms with Crippen LogP contribution in [0.5, 0.6) is 0 Å². The molecule has 80 valence electrons. The van der Waals surface area contributed by atoms with Gasteiger partial charge in [0, 0.05) is 18.8 Å². The van der Waals surface area contributed by atoms with Crippen LogP contribution in [0.2, 0.25) is 0 Å². The molecule has 14 heavy (non-hydrogen) atoms. The molecule has 6 heteroatoms. The van der Waals surface area contributed by atoms with Crippen molar-refractivity contribution in [2.45, 2.75) is 18.8 Å². The molecule has 1 aromatic rings. The molecular weight excluding hydrogens is 222 g/mol. The van der Waals surface area contributed by atoms with Gasteiger partial charge in [0.25, 0.3) is 0 Å². The molecule has 1 heterocycles. The average Bonchev–Trinajstić information content (AvgIpc) is 2.65. The molecule has 0 aliphatic heterocycles. The summed E-state index contributed by atoms with van der Waals surface area (Å²) in [5, 5.41) is 7.71. The summed E-state index contributed by atoms with van der Waals surface area (Å²) in [6.45, 7) is 2.11. The Morgan fingerprint density at radius 3 is 2.79 bits per heavy atom. The van der Waals surface area contributed by atoms with Crippen molar-refractivity contribution in [2.24, 2.45) is 0 Å². The van der Waals surface area contributed by atoms with Crippen LogP contribution in [0.15, 0.2) is 4.42 Å². The number of aromatic nitrogens is 2. The van der Waals surface area contributed by atoms with E-state index in [0.717, 1.165) is 5.75 Å². The van der Waals surface area contributed by atoms with E-state index in [1.807, 2.05) is 11.9 Å². The van der Waals surface area contributed by atoms with Gasteiger partial charge in [-0.2, -0.15) is 11.8 Å². The summed E-state index contributed by atoms with van der Waals surface area (Å²) in [5.74, 6) is 1.75. The van der Waals surface area contributed by atoms with Gasteiger partial charge in [0.1, 0.15) is 5.88 Å². The number of hydrogen-bond donors (Lipinski definition) is 0. The van der Waals surface area contributed by atoms with Crippen molar-refractivity contribution in [2.75, 3.05) is 24.0 Å². The molecule has 1 aromatic heterocycles. The lowest BCUT2D eigenvalue weighted by Crippen LogP contribution is -2.31. The SMILES string of the molecule is CSCC(C)N(C)c1nnc(CCl)o1. The smallest absolute Gasteiger partial charge is 0.318 e. The lowest BCUT2D eigenvalue weighted by Gasteiger charge is -2.21. The van der Waals surface area contributed by atoms with Crippen LogP contribution >= 0.6 is 23.4 Å². The van der Waals surface area contributed by atoms with Crippen LogP contribution in [0.25, 0.3) is 0 Å². The highest BCUT2D eigenvalue weighted by molar-refractivity contribution is 7.98. The summed E-state index contributed by atoms with van der Waals surface area (Å²) in [5.41, 5.74) is 0. The van der Waals surface area contributed by atoms with Crippen LogP contribution in [0.1, 0.15) is 12.8 Å². The van der Waals surface area contributed by atoms with Crippen LogP contribution < -0.4 is 4.90 Å². The third-order valence-corrected chi connectivity index (χ3v) is 2.99. The number of anilines is 1. The first-order valence-corrected chi connectivity index (χ1v) is 6.22. The molecular formula is C8H14ClN3OS. The van der Waals surface area contributed by atoms with Gasteiger partial charge in [-0.05, 0) is 13.2 Å². The number of thioether (sulfide) groups is 1. The number of alkyl halides is 1. The quantitative estimate of drug-likeness (QED) is 0.731. The molecule has 0 aliphatic rings. The van der Waals surface area contributed by atoms with Crippen LogP contribution in [-0.2, 0) is 5.88 Å². The van der Waals surface area contributed by atoms with Crippen molar-refractivity contribution in [1.82, 2.24) is 10.2 Å². The van der Waals surface area contributed by atoms with Gasteiger partial charge < -0.3 is 9.32 Å². The normalized spacial score (nSPS) is 12.9. The van der Waals surface area contributed by atoms with Crippen molar-refractivity contribution in [3.05, 3.63) is 5.89 Å². The van der Waals surface area contributed by atoms with E-state index in [0.29, 0.717) is 17.9 Å². The average molecular weight is 236 g/mol. The topological polar surface area (TPSA) is 42.2 Å². The van der Waals surface area contributed by atoms with Gasteiger partial charge in [0.2, 0.25) is 5.89 Å². The number of hydrogen-bond acceptors (Lipinski definition) is 5. The van der Waals surface area contributed by atoms with E-state index in [9.17, 15) is 0 Å². The summed E-state index contributed by atoms with van der Waals surface area (Å²) in [6, 6.07) is 0.899. The molecule has 0 radical (unpaired) electrons. The summed E-state index contributed by atoms with van der Waals surface area (Å²) in [6.07, 6.45) is 2.07. The molecule has 0 fully saturated rings. The van der Waals surface area contributed by atoms with Gasteiger partial charge >= 0.3 is 6.01 Å². The Labute approximate surface area is 93.0 Å². The zero-order valence-electron chi connectivity index (χ0n) is 8.53. The van der Waals surface area contributed by atoms with E-state index in [1.54, 1.807) is 11.8 Å². The fourth-order valence-electron chi connectivity index (χ4n) is 0.983. The maximum Gasteiger partial charge on any atom is 0.318 e. The number of nitrogens with zero attached hydrogens (tertiary/aromatic N) is 3. The highest BCUT2D eigenvalue weighted by atomic mass is 35.5. The largest absolute Gasteiger partial charge is 0.407 e. The van der Waals surface area contributed by atoms with E-state index in [1.165, 1.54) is 0 Å². The monoisotopic (exact) mass is 235 g/mol. The van der Waals surface area contributed by atoms with Crippen molar-refractivity contribution in [3.63, 3.8) is 0 Å². The molecule has 0 bridgehead atoms. The highest BCUT2D eigenvalue weighted by Crippen LogP contribution is 2.15. The molecule has 0 N–H and O–H groups in total. The molecule has 0 aromatic carbocycles. The molecule has 1 rings (SSSR count). The maximum atomic E-state index is 5.57. The van der Waals surface area contributed by atoms with Crippen LogP contribution in [0.3, 0.4) is 0 Å². The van der Waals surface area contributed by atoms with Crippen LogP contribution in [-0.4, -0.2) is 35.3 Å². The molecule has 0 saturated carbocycles. The minimum atomic E-state index is 0.262. The Hall–Kier alpha value is -0.420. The second-order valence-corrected chi connectivity index (χ2v) is 4.21. The predicted molar refractivity (Wildman–Crippen MR) is 60.1 cm³/mol. The Kier molecular flexibility index (Phi) is 4.54. The Bertz CT molecular complexity index is 281. The van der Waals surface area contributed by atoms with E-state index in [-0.39, 0.29) is 5.88 Å². The zero-order chi connectivity index (χ0) is 10.6. The lowest BCUT2D eigenvalue weighted by molar-refractivity contribution is 0.497. The summed E-state index contributed by atoms with van der Waals surface area (Å²) < 4.78 is 5.32. The van der Waals surface area contributed by atoms with Crippen molar-refractivity contribution >= 4 is 29.4 Å². The Morgan fingerprint density at radius 1 is 1.57 bits per heavy atom. The molecule has 1 unspecified atom stereocenters. The minimum Gasteiger partial charge on any atom is -0.407 e. The standard InChI is InChI=1S/C8H14ClN3OS/c1-6(5-14-3)12(2)8-11-10-7(4-9)13-8/h6H,4-5H2,1-3H3. The van der Waals surface area contributed by atoms with Crippen LogP contribution in [0, 0.1) is 0 Å². The molecule has 1 atom stereocenters. The molecule has 0 spiro atoms. The molecule has 0 amide bonds. The first-order valence-electron chi connectivity index (χ1n) is 4.29. The fourth-order valence-corrected chi connectivity index (χ4v) is 1.80. The molecule has 0 saturated heterocycles. The van der Waals surface area contributed by atoms with E-state index < -0.39 is 0 Å². The van der Waals surface area contributed by atoms with E-state index in [2.05, 4.69) is 23.4 Å². The van der Waals surface area contributed by atoms with E-state index >= 15 is 0 Å². The minimum absolute atomic E-state index is 0.262. The number of halogens is 1. The Morgan fingerprint density at radius 2 is 2.29 bits per heavy atom. The Balaban J connectivity index is 2.63. The van der Waals surface area contributed by atoms with Crippen molar-refractivity contribution in [3.8, 4) is 0 Å². The summed E-state index contributed by atoms with van der Waals surface area (Å²) in [7, 11) is 1.94. The van der Waals surface area contributed by atoms with Gasteiger partial charge in [0.15, 0.2) is 0 Å². The third kappa shape index (κ3) is 2.78. The van der Waals surface area contributed by atoms with Gasteiger partial charge in [-0.1, -0.05) is 5.10 Å². The van der Waals surface area contributed by atoms with Gasteiger partial charge in [0.05, 0.1) is 0 Å². The zero-order valence-corrected chi connectivity index (χ0v) is 10.1. The first-order chi connectivity index (χ1) is 6.69. The second kappa shape index (κ2) is 5.46. The molecule has 4 nitrogen and oxygen atoms in total. The molecule has 0 aliphatic carbocycles. The van der Waals surface area contributed by atoms with Gasteiger partial charge in [-0.3, -0.25) is 0 Å². The third-order valence-electron chi connectivity index (χ3n) is 1.94. The van der Waals surface area contributed by atoms with Gasteiger partial charge in [-0.25, -0.2) is 0 Å². The predicted octanol–water partition coefficient (Wildman–Crippen LogP) is 2.00. The van der Waals surface area contributed by atoms with Crippen molar-refractivity contribution in [1.29, 1.82) is 0 Å². The van der Waals surface area contributed by atoms with Crippen LogP contribution in [0.4, 0.5) is 6.01 Å². The fraction of sp³-hybridized carbons (Fsp3) is 0.750. The number of rotatable bonds is 5. The highest BCUT2D eigenvalue weighted by Gasteiger charge is 2.15. The second-order valence-electron chi connectivity index (χ2n) is 3.03. The van der Waals surface area contributed by atoms with Crippen molar-refractivity contribution < 1.29 is 4.42 Å². The van der Waals surface area contributed by atoms with Gasteiger partial charge in [-0.15, -0.1) is 16.7 Å². The maximum absolute atomic E-state index is 5.57. The summed E-state index contributed by atoms with van der Waals surface area (Å²) in [4.78, 5) is 1.96. The summed E-state index contributed by atoms with van der Waals surface area (Å²) >= 11 is 7.35. The lowest BCUT2D eigenvalue weighted by atomic mass is 10.4.